The van der Waals surface area contributed by atoms with Crippen LogP contribution >= 0.6 is 0 Å². The summed E-state index contributed by atoms with van der Waals surface area (Å²) >= 11 is 0. The van der Waals surface area contributed by atoms with E-state index in [0.29, 0.717) is 18.3 Å². The molecule has 9 atom stereocenters. The Hall–Kier alpha value is -0.690. The van der Waals surface area contributed by atoms with Crippen LogP contribution in [-0.2, 0) is 28.8 Å². The van der Waals surface area contributed by atoms with Crippen LogP contribution in [0.5, 0.6) is 0 Å². The number of fused-ring (bicyclic) bond motifs is 2. The van der Waals surface area contributed by atoms with Crippen molar-refractivity contribution >= 4 is 5.97 Å². The summed E-state index contributed by atoms with van der Waals surface area (Å²) in [4.78, 5) is 23.8. The molecule has 1 spiro atoms. The normalized spacial score (nSPS) is 56.4. The average Bonchev–Trinajstić information content (AvgIpc) is 2.84. The summed E-state index contributed by atoms with van der Waals surface area (Å²) in [6, 6.07) is 0. The van der Waals surface area contributed by atoms with Gasteiger partial charge in [-0.1, -0.05) is 13.8 Å². The number of hydrogen-bond donors (Lipinski definition) is 0. The van der Waals surface area contributed by atoms with Crippen molar-refractivity contribution in [3.05, 3.63) is 0 Å². The van der Waals surface area contributed by atoms with Gasteiger partial charge in [-0.3, -0.25) is 4.79 Å². The molecule has 26 heavy (non-hydrogen) atoms. The third-order valence-electron chi connectivity index (χ3n) is 7.73. The Morgan fingerprint density at radius 3 is 2.69 bits per heavy atom. The molecule has 146 valence electrons. The van der Waals surface area contributed by atoms with Crippen molar-refractivity contribution < 1.29 is 28.8 Å². The van der Waals surface area contributed by atoms with Gasteiger partial charge in [-0.2, -0.15) is 0 Å². The summed E-state index contributed by atoms with van der Waals surface area (Å²) in [6.45, 7) is 6.47. The largest absolute Gasteiger partial charge is 0.460 e. The molecular weight excluding hydrogens is 336 g/mol. The molecule has 6 heteroatoms. The van der Waals surface area contributed by atoms with Gasteiger partial charge in [0.2, 0.25) is 5.79 Å². The fourth-order valence-electron chi connectivity index (χ4n) is 6.32. The summed E-state index contributed by atoms with van der Waals surface area (Å²) in [5.41, 5.74) is -0.539. The number of rotatable bonds is 1. The number of carbonyl (C=O) groups excluding carboxylic acids is 1. The molecule has 0 aromatic rings. The van der Waals surface area contributed by atoms with E-state index in [4.69, 9.17) is 24.0 Å². The molecule has 1 unspecified atom stereocenters. The standard InChI is InChI=1S/C20H30O6/c1-11-7-8-14-12(2)17(15-5-4-6-16(21)22-15)23-18-20(14)13(11)9-10-19(3,24-18)25-26-20/h11-15,17-18H,4-10H2,1-3H3/t11-,12-,13+,14+,15?,17+,18-,19-,20-/m1/s1. The Bertz CT molecular complexity index is 595. The first-order valence-corrected chi connectivity index (χ1v) is 10.3. The van der Waals surface area contributed by atoms with Gasteiger partial charge in [0.25, 0.3) is 0 Å². The van der Waals surface area contributed by atoms with E-state index in [0.717, 1.165) is 32.1 Å². The van der Waals surface area contributed by atoms with Crippen LogP contribution in [0.15, 0.2) is 0 Å². The molecule has 6 nitrogen and oxygen atoms in total. The van der Waals surface area contributed by atoms with Gasteiger partial charge in [0.1, 0.15) is 12.2 Å². The van der Waals surface area contributed by atoms with E-state index < -0.39 is 17.7 Å². The Balaban J connectivity index is 1.51. The smallest absolute Gasteiger partial charge is 0.306 e. The minimum Gasteiger partial charge on any atom is -0.460 e. The zero-order chi connectivity index (χ0) is 18.1. The molecule has 0 N–H and O–H groups in total. The lowest BCUT2D eigenvalue weighted by atomic mass is 9.57. The van der Waals surface area contributed by atoms with Gasteiger partial charge in [0.15, 0.2) is 11.9 Å². The maximum absolute atomic E-state index is 11.8. The molecule has 2 bridgehead atoms. The minimum absolute atomic E-state index is 0.109. The lowest BCUT2D eigenvalue weighted by Crippen LogP contribution is -2.71. The highest BCUT2D eigenvalue weighted by Crippen LogP contribution is 2.61. The molecule has 1 aliphatic carbocycles. The number of carbonyl (C=O) groups is 1. The van der Waals surface area contributed by atoms with Crippen molar-refractivity contribution in [2.75, 3.05) is 0 Å². The Morgan fingerprint density at radius 2 is 1.88 bits per heavy atom. The maximum atomic E-state index is 11.8. The van der Waals surface area contributed by atoms with Crippen LogP contribution in [-0.4, -0.2) is 35.9 Å². The Morgan fingerprint density at radius 1 is 1.04 bits per heavy atom. The highest BCUT2D eigenvalue weighted by Gasteiger charge is 2.69. The van der Waals surface area contributed by atoms with Gasteiger partial charge in [-0.05, 0) is 56.8 Å². The van der Waals surface area contributed by atoms with Crippen LogP contribution in [0.4, 0.5) is 0 Å². The first kappa shape index (κ1) is 17.4. The lowest BCUT2D eigenvalue weighted by Gasteiger charge is -2.61. The van der Waals surface area contributed by atoms with E-state index in [1.54, 1.807) is 0 Å². The zero-order valence-electron chi connectivity index (χ0n) is 15.9. The number of hydrogen-bond acceptors (Lipinski definition) is 6. The SMILES string of the molecule is C[C@H]1[C@@H](C2CCCC(=O)O2)O[C@@H]2O[C@@]3(C)CC[C@H]4[C@H](C)CC[C@@H]1[C@@]24OO3. The molecule has 5 saturated heterocycles. The van der Waals surface area contributed by atoms with E-state index in [-0.39, 0.29) is 30.0 Å². The molecule has 0 aromatic carbocycles. The molecule has 0 aromatic heterocycles. The van der Waals surface area contributed by atoms with Crippen molar-refractivity contribution in [1.82, 2.24) is 0 Å². The van der Waals surface area contributed by atoms with Crippen molar-refractivity contribution in [2.45, 2.75) is 95.6 Å². The second kappa shape index (κ2) is 5.90. The summed E-state index contributed by atoms with van der Waals surface area (Å²) < 4.78 is 18.6. The average molecular weight is 366 g/mol. The van der Waals surface area contributed by atoms with Crippen LogP contribution in [0.1, 0.15) is 65.7 Å². The maximum Gasteiger partial charge on any atom is 0.306 e. The van der Waals surface area contributed by atoms with Gasteiger partial charge in [0.05, 0.1) is 0 Å². The highest BCUT2D eigenvalue weighted by molar-refractivity contribution is 5.70. The third-order valence-corrected chi connectivity index (χ3v) is 7.73. The Labute approximate surface area is 154 Å². The van der Waals surface area contributed by atoms with E-state index in [1.165, 1.54) is 6.42 Å². The van der Waals surface area contributed by atoms with Crippen LogP contribution in [0.2, 0.25) is 0 Å². The van der Waals surface area contributed by atoms with Gasteiger partial charge >= 0.3 is 5.97 Å². The molecule has 0 radical (unpaired) electrons. The molecule has 6 rings (SSSR count). The Kier molecular flexibility index (Phi) is 3.95. The first-order chi connectivity index (χ1) is 12.4. The summed E-state index contributed by atoms with van der Waals surface area (Å²) in [5.74, 6) is 0.574. The van der Waals surface area contributed by atoms with Gasteiger partial charge in [0, 0.05) is 18.8 Å². The summed E-state index contributed by atoms with van der Waals surface area (Å²) in [7, 11) is 0. The molecule has 0 amide bonds. The van der Waals surface area contributed by atoms with Gasteiger partial charge in [-0.15, -0.1) is 0 Å². The molecule has 1 saturated carbocycles. The number of ether oxygens (including phenoxy) is 3. The van der Waals surface area contributed by atoms with Crippen molar-refractivity contribution in [1.29, 1.82) is 0 Å². The minimum atomic E-state index is -0.758. The number of esters is 1. The molecule has 5 heterocycles. The second-order valence-corrected chi connectivity index (χ2v) is 9.29. The first-order valence-electron chi connectivity index (χ1n) is 10.3. The monoisotopic (exact) mass is 366 g/mol. The zero-order valence-corrected chi connectivity index (χ0v) is 15.9. The lowest BCUT2D eigenvalue weighted by molar-refractivity contribution is -0.572. The second-order valence-electron chi connectivity index (χ2n) is 9.29. The molecule has 6 aliphatic rings. The van der Waals surface area contributed by atoms with Crippen LogP contribution in [0.25, 0.3) is 0 Å². The third kappa shape index (κ3) is 2.35. The van der Waals surface area contributed by atoms with E-state index in [2.05, 4.69) is 13.8 Å². The predicted octanol–water partition coefficient (Wildman–Crippen LogP) is 3.33. The van der Waals surface area contributed by atoms with E-state index >= 15 is 0 Å². The van der Waals surface area contributed by atoms with Crippen molar-refractivity contribution in [3.63, 3.8) is 0 Å². The highest BCUT2D eigenvalue weighted by atomic mass is 17.3. The van der Waals surface area contributed by atoms with Gasteiger partial charge < -0.3 is 14.2 Å². The quantitative estimate of drug-likeness (QED) is 0.524. The van der Waals surface area contributed by atoms with Crippen LogP contribution in [0, 0.1) is 23.7 Å². The summed E-state index contributed by atoms with van der Waals surface area (Å²) in [6.07, 6.45) is 5.57. The van der Waals surface area contributed by atoms with Crippen molar-refractivity contribution in [2.24, 2.45) is 23.7 Å². The topological polar surface area (TPSA) is 63.2 Å². The van der Waals surface area contributed by atoms with Crippen LogP contribution in [0.3, 0.4) is 0 Å². The van der Waals surface area contributed by atoms with Gasteiger partial charge in [-0.25, -0.2) is 9.78 Å². The molecular formula is C20H30O6. The van der Waals surface area contributed by atoms with Crippen molar-refractivity contribution in [3.8, 4) is 0 Å². The van der Waals surface area contributed by atoms with E-state index in [9.17, 15) is 4.79 Å². The van der Waals surface area contributed by atoms with E-state index in [1.807, 2.05) is 6.92 Å². The fraction of sp³-hybridized carbons (Fsp3) is 0.950. The number of cyclic esters (lactones) is 1. The predicted molar refractivity (Wildman–Crippen MR) is 90.6 cm³/mol. The molecule has 5 aliphatic heterocycles. The summed E-state index contributed by atoms with van der Waals surface area (Å²) in [5, 5.41) is 0. The molecule has 6 fully saturated rings. The van der Waals surface area contributed by atoms with Crippen LogP contribution < -0.4 is 0 Å². The fourth-order valence-corrected chi connectivity index (χ4v) is 6.32.